The molecule has 5 heteroatoms. The van der Waals surface area contributed by atoms with Gasteiger partial charge in [-0.15, -0.1) is 0 Å². The van der Waals surface area contributed by atoms with Crippen LogP contribution in [-0.2, 0) is 18.8 Å². The predicted octanol–water partition coefficient (Wildman–Crippen LogP) is 5.32. The molecule has 0 aromatic carbocycles. The van der Waals surface area contributed by atoms with Crippen molar-refractivity contribution in [3.8, 4) is 0 Å². The van der Waals surface area contributed by atoms with Gasteiger partial charge in [0.25, 0.3) is 0 Å². The molecule has 1 rings (SSSR count). The van der Waals surface area contributed by atoms with Gasteiger partial charge in [-0.05, 0) is 60.2 Å². The molecule has 1 aliphatic heterocycles. The van der Waals surface area contributed by atoms with Crippen LogP contribution in [0.5, 0.6) is 0 Å². The molecule has 0 saturated carbocycles. The van der Waals surface area contributed by atoms with Crippen LogP contribution < -0.4 is 0 Å². The van der Waals surface area contributed by atoms with Crippen LogP contribution in [0.2, 0.25) is 6.32 Å². The Bertz CT molecular complexity index is 452. The maximum Gasteiger partial charge on any atom is 0.457 e. The van der Waals surface area contributed by atoms with Crippen molar-refractivity contribution in [1.29, 1.82) is 0 Å². The van der Waals surface area contributed by atoms with Crippen LogP contribution in [0.25, 0.3) is 0 Å². The van der Waals surface area contributed by atoms with Gasteiger partial charge in [0.05, 0.1) is 18.3 Å². The number of carbonyl (C=O) groups excluding carboxylic acids is 1. The van der Waals surface area contributed by atoms with Crippen molar-refractivity contribution < 1.29 is 18.8 Å². The summed E-state index contributed by atoms with van der Waals surface area (Å²) in [6, 6.07) is 0. The Morgan fingerprint density at radius 2 is 1.52 bits per heavy atom. The Kier molecular flexibility index (Phi) is 8.69. The summed E-state index contributed by atoms with van der Waals surface area (Å²) in [5, 5.41) is 0. The second kappa shape index (κ2) is 9.77. The minimum Gasteiger partial charge on any atom is -0.466 e. The van der Waals surface area contributed by atoms with E-state index in [1.807, 2.05) is 6.92 Å². The highest BCUT2D eigenvalue weighted by Gasteiger charge is 2.50. The molecular formula is C20H37BO4. The van der Waals surface area contributed by atoms with E-state index in [1.54, 1.807) is 0 Å². The number of esters is 1. The lowest BCUT2D eigenvalue weighted by Gasteiger charge is -2.32. The summed E-state index contributed by atoms with van der Waals surface area (Å²) in [5.41, 5.74) is 1.43. The van der Waals surface area contributed by atoms with Gasteiger partial charge < -0.3 is 14.0 Å². The Hall–Kier alpha value is -0.805. The Morgan fingerprint density at radius 1 is 0.960 bits per heavy atom. The molecule has 0 atom stereocenters. The third-order valence-corrected chi connectivity index (χ3v) is 5.57. The molecule has 0 aliphatic carbocycles. The zero-order valence-corrected chi connectivity index (χ0v) is 17.4. The van der Waals surface area contributed by atoms with Crippen LogP contribution >= 0.6 is 0 Å². The summed E-state index contributed by atoms with van der Waals surface area (Å²) in [6.07, 6.45) is 8.49. The van der Waals surface area contributed by atoms with E-state index in [-0.39, 0.29) is 24.3 Å². The first-order valence-electron chi connectivity index (χ1n) is 9.77. The monoisotopic (exact) mass is 352 g/mol. The molecule has 0 amide bonds. The standard InChI is InChI=1S/C20H37BO4/c1-8-9-10-11-13-17(16(2)18(22)23-7)14-12-15-21-24-19(3,4)20(5,6)25-21/h8-15H2,1-7H3/b17-16-. The first kappa shape index (κ1) is 22.2. The van der Waals surface area contributed by atoms with E-state index in [2.05, 4.69) is 34.6 Å². The molecule has 0 bridgehead atoms. The van der Waals surface area contributed by atoms with Gasteiger partial charge in [0.1, 0.15) is 0 Å². The fourth-order valence-corrected chi connectivity index (χ4v) is 3.13. The van der Waals surface area contributed by atoms with E-state index >= 15 is 0 Å². The fourth-order valence-electron chi connectivity index (χ4n) is 3.13. The number of allylic oxidation sites excluding steroid dienone is 1. The average molecular weight is 352 g/mol. The number of unbranched alkanes of at least 4 members (excludes halogenated alkanes) is 3. The molecule has 0 N–H and O–H groups in total. The van der Waals surface area contributed by atoms with Gasteiger partial charge in [-0.3, -0.25) is 0 Å². The average Bonchev–Trinajstić information content (AvgIpc) is 2.75. The van der Waals surface area contributed by atoms with Gasteiger partial charge in [0, 0.05) is 5.57 Å². The van der Waals surface area contributed by atoms with Crippen molar-refractivity contribution in [3.63, 3.8) is 0 Å². The van der Waals surface area contributed by atoms with Crippen molar-refractivity contribution in [3.05, 3.63) is 11.1 Å². The number of hydrogen-bond acceptors (Lipinski definition) is 4. The highest BCUT2D eigenvalue weighted by molar-refractivity contribution is 6.45. The summed E-state index contributed by atoms with van der Waals surface area (Å²) < 4.78 is 17.0. The summed E-state index contributed by atoms with van der Waals surface area (Å²) in [5.74, 6) is -0.207. The molecule has 1 saturated heterocycles. The smallest absolute Gasteiger partial charge is 0.457 e. The molecular weight excluding hydrogens is 315 g/mol. The second-order valence-corrected chi connectivity index (χ2v) is 8.11. The third-order valence-electron chi connectivity index (χ3n) is 5.57. The van der Waals surface area contributed by atoms with Crippen LogP contribution in [0.3, 0.4) is 0 Å². The second-order valence-electron chi connectivity index (χ2n) is 8.11. The lowest BCUT2D eigenvalue weighted by atomic mass is 9.81. The lowest BCUT2D eigenvalue weighted by molar-refractivity contribution is -0.136. The first-order chi connectivity index (χ1) is 11.6. The minimum absolute atomic E-state index is 0.162. The normalized spacial score (nSPS) is 19.7. The minimum atomic E-state index is -0.279. The summed E-state index contributed by atoms with van der Waals surface area (Å²) in [4.78, 5) is 11.9. The van der Waals surface area contributed by atoms with Crippen molar-refractivity contribution >= 4 is 13.1 Å². The summed E-state index contributed by atoms with van der Waals surface area (Å²) in [7, 11) is 1.29. The van der Waals surface area contributed by atoms with Crippen LogP contribution in [-0.4, -0.2) is 31.4 Å². The predicted molar refractivity (Wildman–Crippen MR) is 104 cm³/mol. The van der Waals surface area contributed by atoms with Gasteiger partial charge >= 0.3 is 13.1 Å². The van der Waals surface area contributed by atoms with Crippen LogP contribution in [0.1, 0.15) is 86.5 Å². The molecule has 0 aromatic heterocycles. The highest BCUT2D eigenvalue weighted by atomic mass is 16.7. The quantitative estimate of drug-likeness (QED) is 0.231. The maximum atomic E-state index is 11.9. The van der Waals surface area contributed by atoms with Crippen LogP contribution in [0.4, 0.5) is 0 Å². The molecule has 0 radical (unpaired) electrons. The largest absolute Gasteiger partial charge is 0.466 e. The van der Waals surface area contributed by atoms with Crippen LogP contribution in [0.15, 0.2) is 11.1 Å². The molecule has 25 heavy (non-hydrogen) atoms. The maximum absolute atomic E-state index is 11.9. The molecule has 4 nitrogen and oxygen atoms in total. The van der Waals surface area contributed by atoms with Gasteiger partial charge in [0.2, 0.25) is 0 Å². The molecule has 1 heterocycles. The van der Waals surface area contributed by atoms with Crippen LogP contribution in [0, 0.1) is 0 Å². The summed E-state index contributed by atoms with van der Waals surface area (Å²) in [6.45, 7) is 12.4. The first-order valence-corrected chi connectivity index (χ1v) is 9.77. The van der Waals surface area contributed by atoms with E-state index in [0.717, 1.165) is 37.6 Å². The number of ether oxygens (including phenoxy) is 1. The van der Waals surface area contributed by atoms with Crippen molar-refractivity contribution in [1.82, 2.24) is 0 Å². The van der Waals surface area contributed by atoms with Crippen molar-refractivity contribution in [2.45, 2.75) is 104 Å². The third kappa shape index (κ3) is 6.45. The van der Waals surface area contributed by atoms with E-state index in [1.165, 1.54) is 31.9 Å². The van der Waals surface area contributed by atoms with Gasteiger partial charge in [0.15, 0.2) is 0 Å². The van der Waals surface area contributed by atoms with E-state index in [0.29, 0.717) is 0 Å². The molecule has 1 aliphatic rings. The molecule has 0 aromatic rings. The fraction of sp³-hybridized carbons (Fsp3) is 0.850. The number of carbonyl (C=O) groups is 1. The Balaban J connectivity index is 2.57. The van der Waals surface area contributed by atoms with E-state index in [4.69, 9.17) is 14.0 Å². The summed E-state index contributed by atoms with van der Waals surface area (Å²) >= 11 is 0. The van der Waals surface area contributed by atoms with Crippen molar-refractivity contribution in [2.75, 3.05) is 7.11 Å². The number of hydrogen-bond donors (Lipinski definition) is 0. The molecule has 0 unspecified atom stereocenters. The van der Waals surface area contributed by atoms with Gasteiger partial charge in [-0.2, -0.15) is 0 Å². The molecule has 0 spiro atoms. The number of methoxy groups -OCH3 is 1. The van der Waals surface area contributed by atoms with Gasteiger partial charge in [-0.1, -0.05) is 38.2 Å². The van der Waals surface area contributed by atoms with Gasteiger partial charge in [-0.25, -0.2) is 4.79 Å². The van der Waals surface area contributed by atoms with Crippen molar-refractivity contribution in [2.24, 2.45) is 0 Å². The zero-order chi connectivity index (χ0) is 19.1. The van der Waals surface area contributed by atoms with E-state index in [9.17, 15) is 4.79 Å². The molecule has 144 valence electrons. The Labute approximate surface area is 154 Å². The topological polar surface area (TPSA) is 44.8 Å². The Morgan fingerprint density at radius 3 is 2.04 bits per heavy atom. The SMILES string of the molecule is CCCCCC/C(CCCB1OC(C)(C)C(C)(C)O1)=C(\C)C(=O)OC. The lowest BCUT2D eigenvalue weighted by Crippen LogP contribution is -2.41. The molecule has 1 fully saturated rings. The highest BCUT2D eigenvalue weighted by Crippen LogP contribution is 2.38. The zero-order valence-electron chi connectivity index (χ0n) is 17.4. The van der Waals surface area contributed by atoms with E-state index < -0.39 is 0 Å². The number of rotatable bonds is 10.